The Morgan fingerprint density at radius 2 is 2.25 bits per heavy atom. The Kier molecular flexibility index (Phi) is 8.78. The average molecular weight is 441 g/mol. The third-order valence-electron chi connectivity index (χ3n) is 4.84. The fourth-order valence-electron chi connectivity index (χ4n) is 3.19. The smallest absolute Gasteiger partial charge is 0.237 e. The first-order valence-corrected chi connectivity index (χ1v) is 10.9. The summed E-state index contributed by atoms with van der Waals surface area (Å²) in [6.45, 7) is 3.77. The van der Waals surface area contributed by atoms with E-state index in [4.69, 9.17) is 0 Å². The summed E-state index contributed by atoms with van der Waals surface area (Å²) in [5, 5.41) is 21.6. The molecule has 0 aliphatic carbocycles. The van der Waals surface area contributed by atoms with E-state index in [1.807, 2.05) is 0 Å². The van der Waals surface area contributed by atoms with Gasteiger partial charge in [-0.05, 0) is 37.5 Å². The molecule has 8 nitrogen and oxygen atoms in total. The van der Waals surface area contributed by atoms with E-state index in [1.54, 1.807) is 18.3 Å². The van der Waals surface area contributed by atoms with Crippen molar-refractivity contribution in [1.82, 2.24) is 20.6 Å². The number of carbonyl (C=O) groups excluding carboxylic acids is 1. The number of unbranched alkanes of at least 4 members (excludes halogenated alkanes) is 1. The Morgan fingerprint density at radius 3 is 3.00 bits per heavy atom. The number of aromatic nitrogens is 2. The van der Waals surface area contributed by atoms with E-state index in [-0.39, 0.29) is 17.8 Å². The zero-order chi connectivity index (χ0) is 22.8. The number of amides is 1. The van der Waals surface area contributed by atoms with Crippen molar-refractivity contribution >= 4 is 23.4 Å². The Hall–Kier alpha value is -3.22. The summed E-state index contributed by atoms with van der Waals surface area (Å²) in [4.78, 5) is 20.8. The first kappa shape index (κ1) is 23.4. The van der Waals surface area contributed by atoms with Crippen molar-refractivity contribution in [3.05, 3.63) is 41.8 Å². The highest BCUT2D eigenvalue weighted by atomic mass is 19.1. The Balaban J connectivity index is 1.53. The van der Waals surface area contributed by atoms with Crippen LogP contribution in [0.5, 0.6) is 0 Å². The monoisotopic (exact) mass is 440 g/mol. The summed E-state index contributed by atoms with van der Waals surface area (Å²) in [5.41, 5.74) is 1.24. The Bertz CT molecular complexity index is 974. The molecule has 1 unspecified atom stereocenters. The Labute approximate surface area is 187 Å². The molecule has 170 valence electrons. The molecule has 1 aromatic heterocycles. The highest BCUT2D eigenvalue weighted by Gasteiger charge is 2.27. The molecule has 9 heteroatoms. The predicted molar refractivity (Wildman–Crippen MR) is 122 cm³/mol. The van der Waals surface area contributed by atoms with Gasteiger partial charge in [0, 0.05) is 31.7 Å². The van der Waals surface area contributed by atoms with E-state index in [0.29, 0.717) is 55.4 Å². The molecular formula is C23H29FN6O2. The van der Waals surface area contributed by atoms with Gasteiger partial charge in [-0.3, -0.25) is 4.79 Å². The SMILES string of the molecule is CCCNc1nc(Nc2cccc(F)c2)ncc1C#CCCCNC(=O)C1C[C@H](O)CN1. The highest BCUT2D eigenvalue weighted by molar-refractivity contribution is 5.82. The van der Waals surface area contributed by atoms with Crippen LogP contribution in [0.15, 0.2) is 30.5 Å². The lowest BCUT2D eigenvalue weighted by Gasteiger charge is -2.10. The molecule has 0 radical (unpaired) electrons. The van der Waals surface area contributed by atoms with Crippen molar-refractivity contribution < 1.29 is 14.3 Å². The van der Waals surface area contributed by atoms with Crippen molar-refractivity contribution in [2.45, 2.75) is 44.8 Å². The molecule has 0 spiro atoms. The summed E-state index contributed by atoms with van der Waals surface area (Å²) in [7, 11) is 0. The van der Waals surface area contributed by atoms with Gasteiger partial charge in [-0.15, -0.1) is 0 Å². The van der Waals surface area contributed by atoms with Crippen LogP contribution in [0.4, 0.5) is 21.8 Å². The molecule has 0 saturated carbocycles. The van der Waals surface area contributed by atoms with Crippen LogP contribution in [-0.4, -0.2) is 52.8 Å². The lowest BCUT2D eigenvalue weighted by molar-refractivity contribution is -0.122. The van der Waals surface area contributed by atoms with Gasteiger partial charge in [0.05, 0.1) is 23.9 Å². The molecule has 5 N–H and O–H groups in total. The third-order valence-corrected chi connectivity index (χ3v) is 4.84. The minimum Gasteiger partial charge on any atom is -0.392 e. The second-order valence-electron chi connectivity index (χ2n) is 7.56. The van der Waals surface area contributed by atoms with Gasteiger partial charge in [0.25, 0.3) is 0 Å². The number of aliphatic hydroxyl groups excluding tert-OH is 1. The lowest BCUT2D eigenvalue weighted by atomic mass is 10.2. The van der Waals surface area contributed by atoms with E-state index >= 15 is 0 Å². The maximum atomic E-state index is 13.4. The van der Waals surface area contributed by atoms with Gasteiger partial charge >= 0.3 is 0 Å². The number of nitrogens with zero attached hydrogens (tertiary/aromatic N) is 2. The van der Waals surface area contributed by atoms with Crippen molar-refractivity contribution in [2.75, 3.05) is 30.3 Å². The van der Waals surface area contributed by atoms with Crippen molar-refractivity contribution in [3.63, 3.8) is 0 Å². The average Bonchev–Trinajstić information content (AvgIpc) is 3.22. The number of nitrogens with one attached hydrogen (secondary N) is 4. The first-order valence-electron chi connectivity index (χ1n) is 10.9. The molecule has 0 bridgehead atoms. The summed E-state index contributed by atoms with van der Waals surface area (Å²) in [6, 6.07) is 5.78. The van der Waals surface area contributed by atoms with E-state index in [1.165, 1.54) is 12.1 Å². The summed E-state index contributed by atoms with van der Waals surface area (Å²) in [5.74, 6) is 6.73. The van der Waals surface area contributed by atoms with Crippen molar-refractivity contribution in [3.8, 4) is 11.8 Å². The highest BCUT2D eigenvalue weighted by Crippen LogP contribution is 2.18. The summed E-state index contributed by atoms with van der Waals surface area (Å²) >= 11 is 0. The second-order valence-corrected chi connectivity index (χ2v) is 7.56. The first-order chi connectivity index (χ1) is 15.5. The molecule has 1 aliphatic rings. The number of β-amino-alcohol motifs (C(OH)–C–C–N with tert-alkyl or cyclic N) is 1. The maximum Gasteiger partial charge on any atom is 0.237 e. The molecule has 2 aromatic rings. The number of hydrogen-bond acceptors (Lipinski definition) is 7. The van der Waals surface area contributed by atoms with Crippen LogP contribution in [0.1, 0.15) is 38.2 Å². The van der Waals surface area contributed by atoms with Crippen LogP contribution in [0.3, 0.4) is 0 Å². The van der Waals surface area contributed by atoms with E-state index in [9.17, 15) is 14.3 Å². The normalized spacial score (nSPS) is 17.3. The molecule has 2 heterocycles. The van der Waals surface area contributed by atoms with Crippen LogP contribution in [0.25, 0.3) is 0 Å². The predicted octanol–water partition coefficient (Wildman–Crippen LogP) is 2.15. The fourth-order valence-corrected chi connectivity index (χ4v) is 3.19. The zero-order valence-corrected chi connectivity index (χ0v) is 18.1. The van der Waals surface area contributed by atoms with Gasteiger partial charge < -0.3 is 26.4 Å². The number of anilines is 3. The van der Waals surface area contributed by atoms with Gasteiger partial charge in [-0.25, -0.2) is 9.37 Å². The third kappa shape index (κ3) is 7.18. The van der Waals surface area contributed by atoms with Crippen LogP contribution in [0, 0.1) is 17.7 Å². The maximum absolute atomic E-state index is 13.4. The van der Waals surface area contributed by atoms with E-state index in [2.05, 4.69) is 50.0 Å². The minimum atomic E-state index is -0.454. The van der Waals surface area contributed by atoms with Gasteiger partial charge in [0.1, 0.15) is 11.6 Å². The van der Waals surface area contributed by atoms with E-state index < -0.39 is 6.10 Å². The second kappa shape index (κ2) is 12.0. The molecule has 32 heavy (non-hydrogen) atoms. The molecule has 1 amide bonds. The standard InChI is InChI=1S/C23H29FN6O2/c1-2-10-25-21-16(14-28-23(30-21)29-18-9-6-8-17(24)12-18)7-4-3-5-11-26-22(32)20-13-19(31)15-27-20/h6,8-9,12,14,19-20,27,31H,2-3,5,10-11,13,15H2,1H3,(H,26,32)(H2,25,28,29,30)/t19-,20?/m0/s1. The number of hydrogen-bond donors (Lipinski definition) is 5. The van der Waals surface area contributed by atoms with Crippen molar-refractivity contribution in [2.24, 2.45) is 0 Å². The molecule has 2 atom stereocenters. The molecular weight excluding hydrogens is 411 g/mol. The van der Waals surface area contributed by atoms with Crippen LogP contribution in [-0.2, 0) is 4.79 Å². The van der Waals surface area contributed by atoms with Crippen molar-refractivity contribution in [1.29, 1.82) is 0 Å². The minimum absolute atomic E-state index is 0.0876. The largest absolute Gasteiger partial charge is 0.392 e. The quantitative estimate of drug-likeness (QED) is 0.300. The number of rotatable bonds is 9. The molecule has 1 aromatic carbocycles. The number of aliphatic hydroxyl groups is 1. The van der Waals surface area contributed by atoms with Crippen LogP contribution < -0.4 is 21.3 Å². The lowest BCUT2D eigenvalue weighted by Crippen LogP contribution is -2.40. The van der Waals surface area contributed by atoms with Crippen LogP contribution in [0.2, 0.25) is 0 Å². The van der Waals surface area contributed by atoms with E-state index in [0.717, 1.165) is 13.0 Å². The van der Waals surface area contributed by atoms with Gasteiger partial charge in [-0.1, -0.05) is 24.8 Å². The van der Waals surface area contributed by atoms with Crippen LogP contribution >= 0.6 is 0 Å². The summed E-state index contributed by atoms with van der Waals surface area (Å²) in [6.07, 6.45) is 3.88. The Morgan fingerprint density at radius 1 is 1.38 bits per heavy atom. The number of carbonyl (C=O) groups is 1. The van der Waals surface area contributed by atoms with Gasteiger partial charge in [-0.2, -0.15) is 4.98 Å². The molecule has 1 fully saturated rings. The van der Waals surface area contributed by atoms with Gasteiger partial charge in [0.2, 0.25) is 11.9 Å². The topological polar surface area (TPSA) is 111 Å². The molecule has 3 rings (SSSR count). The summed E-state index contributed by atoms with van der Waals surface area (Å²) < 4.78 is 13.4. The fraction of sp³-hybridized carbons (Fsp3) is 0.435. The molecule has 1 saturated heterocycles. The number of benzene rings is 1. The zero-order valence-electron chi connectivity index (χ0n) is 18.1. The van der Waals surface area contributed by atoms with Gasteiger partial charge in [0.15, 0.2) is 0 Å². The number of halogens is 1. The molecule has 1 aliphatic heterocycles.